The quantitative estimate of drug-likeness (QED) is 0.369. The third-order valence-electron chi connectivity index (χ3n) is 4.02. The lowest BCUT2D eigenvalue weighted by atomic mass is 9.94. The molecule has 1 aromatic rings. The van der Waals surface area contributed by atoms with Gasteiger partial charge >= 0.3 is 11.9 Å². The fraction of sp³-hybridized carbons (Fsp3) is 0.278. The number of β-lactam (4-membered cyclic amide) rings is 1. The van der Waals surface area contributed by atoms with Crippen LogP contribution in [0.4, 0.5) is 0 Å². The standard InChI is InChI=1S/C18H16N2O8/c1-10(21)27-9-28-18(25)12-7-13(22)16-15(17(24)20(12)16)19-14(23)8-26-11-5-3-2-4-6-11/h2-7,15-16H,8-9H2,1H3,(H,19,23)/t15?,16-/m1/s1. The van der Waals surface area contributed by atoms with E-state index in [0.717, 1.165) is 17.9 Å². The number of amides is 2. The second-order valence-corrected chi connectivity index (χ2v) is 5.92. The number of rotatable bonds is 7. The van der Waals surface area contributed by atoms with E-state index in [9.17, 15) is 24.0 Å². The molecule has 146 valence electrons. The molecule has 0 bridgehead atoms. The molecule has 1 N–H and O–H groups in total. The molecule has 10 heteroatoms. The van der Waals surface area contributed by atoms with Crippen LogP contribution in [0, 0.1) is 0 Å². The number of esters is 2. The fourth-order valence-corrected chi connectivity index (χ4v) is 2.76. The summed E-state index contributed by atoms with van der Waals surface area (Å²) in [6.07, 6.45) is 0.964. The molecule has 1 aromatic carbocycles. The van der Waals surface area contributed by atoms with E-state index in [1.807, 2.05) is 0 Å². The third kappa shape index (κ3) is 3.85. The first kappa shape index (κ1) is 19.1. The van der Waals surface area contributed by atoms with Crippen LogP contribution in [-0.2, 0) is 33.4 Å². The van der Waals surface area contributed by atoms with Gasteiger partial charge in [0.05, 0.1) is 0 Å². The van der Waals surface area contributed by atoms with E-state index in [1.165, 1.54) is 0 Å². The van der Waals surface area contributed by atoms with E-state index < -0.39 is 48.4 Å². The van der Waals surface area contributed by atoms with Gasteiger partial charge in [-0.25, -0.2) is 4.79 Å². The van der Waals surface area contributed by atoms with Crippen molar-refractivity contribution in [3.05, 3.63) is 42.1 Å². The molecule has 2 atom stereocenters. The van der Waals surface area contributed by atoms with Crippen LogP contribution in [0.5, 0.6) is 5.75 Å². The number of nitrogens with zero attached hydrogens (tertiary/aromatic N) is 1. The van der Waals surface area contributed by atoms with E-state index in [4.69, 9.17) is 4.74 Å². The Morgan fingerprint density at radius 2 is 1.82 bits per heavy atom. The van der Waals surface area contributed by atoms with E-state index >= 15 is 0 Å². The number of para-hydroxylation sites is 1. The molecule has 2 amide bonds. The molecule has 28 heavy (non-hydrogen) atoms. The molecular formula is C18H16N2O8. The molecule has 10 nitrogen and oxygen atoms in total. The van der Waals surface area contributed by atoms with E-state index in [2.05, 4.69) is 14.8 Å². The molecule has 0 radical (unpaired) electrons. The zero-order valence-electron chi connectivity index (χ0n) is 14.7. The van der Waals surface area contributed by atoms with E-state index in [1.54, 1.807) is 30.3 Å². The summed E-state index contributed by atoms with van der Waals surface area (Å²) in [7, 11) is 0. The predicted octanol–water partition coefficient (Wildman–Crippen LogP) is -0.709. The number of carbonyl (C=O) groups excluding carboxylic acids is 5. The smallest absolute Gasteiger partial charge is 0.358 e. The molecule has 1 saturated heterocycles. The Balaban J connectivity index is 1.53. The minimum absolute atomic E-state index is 0.266. The van der Waals surface area contributed by atoms with Gasteiger partial charge in [-0.1, -0.05) is 18.2 Å². The van der Waals surface area contributed by atoms with Crippen molar-refractivity contribution < 1.29 is 38.2 Å². The van der Waals surface area contributed by atoms with Gasteiger partial charge in [-0.3, -0.25) is 24.1 Å². The van der Waals surface area contributed by atoms with Crippen molar-refractivity contribution in [2.24, 2.45) is 0 Å². The van der Waals surface area contributed by atoms with Gasteiger partial charge in [0, 0.05) is 13.0 Å². The maximum Gasteiger partial charge on any atom is 0.358 e. The summed E-state index contributed by atoms with van der Waals surface area (Å²) in [4.78, 5) is 60.0. The maximum atomic E-state index is 12.3. The number of ether oxygens (including phenoxy) is 3. The van der Waals surface area contributed by atoms with Crippen LogP contribution in [0.3, 0.4) is 0 Å². The summed E-state index contributed by atoms with van der Waals surface area (Å²) in [5, 5.41) is 2.43. The first-order chi connectivity index (χ1) is 13.4. The fourth-order valence-electron chi connectivity index (χ4n) is 2.76. The van der Waals surface area contributed by atoms with Crippen LogP contribution in [0.15, 0.2) is 42.1 Å². The molecule has 1 fully saturated rings. The molecule has 2 aliphatic rings. The van der Waals surface area contributed by atoms with Crippen LogP contribution in [0.1, 0.15) is 6.92 Å². The molecule has 0 saturated carbocycles. The number of fused-ring (bicyclic) bond motifs is 1. The topological polar surface area (TPSA) is 128 Å². The largest absolute Gasteiger partial charge is 0.484 e. The van der Waals surface area contributed by atoms with Crippen LogP contribution < -0.4 is 10.1 Å². The summed E-state index contributed by atoms with van der Waals surface area (Å²) in [5.41, 5.74) is -0.266. The molecule has 0 aromatic heterocycles. The number of nitrogens with one attached hydrogen (secondary N) is 1. The second-order valence-electron chi connectivity index (χ2n) is 5.92. The van der Waals surface area contributed by atoms with Gasteiger partial charge in [0.1, 0.15) is 23.5 Å². The van der Waals surface area contributed by atoms with Crippen molar-refractivity contribution in [2.75, 3.05) is 13.4 Å². The van der Waals surface area contributed by atoms with Crippen molar-refractivity contribution in [3.8, 4) is 5.75 Å². The van der Waals surface area contributed by atoms with Crippen LogP contribution in [0.25, 0.3) is 0 Å². The van der Waals surface area contributed by atoms with Crippen LogP contribution in [0.2, 0.25) is 0 Å². The Morgan fingerprint density at radius 1 is 1.11 bits per heavy atom. The Labute approximate surface area is 159 Å². The predicted molar refractivity (Wildman–Crippen MR) is 90.3 cm³/mol. The molecule has 2 heterocycles. The Morgan fingerprint density at radius 3 is 2.50 bits per heavy atom. The van der Waals surface area contributed by atoms with Gasteiger partial charge in [0.25, 0.3) is 11.8 Å². The Bertz CT molecular complexity index is 864. The van der Waals surface area contributed by atoms with Gasteiger partial charge in [-0.15, -0.1) is 0 Å². The van der Waals surface area contributed by atoms with E-state index in [-0.39, 0.29) is 12.3 Å². The van der Waals surface area contributed by atoms with Crippen LogP contribution >= 0.6 is 0 Å². The highest BCUT2D eigenvalue weighted by Gasteiger charge is 2.58. The molecule has 1 unspecified atom stereocenters. The summed E-state index contributed by atoms with van der Waals surface area (Å²) >= 11 is 0. The van der Waals surface area contributed by atoms with Gasteiger partial charge in [0.15, 0.2) is 12.4 Å². The van der Waals surface area contributed by atoms with Gasteiger partial charge < -0.3 is 19.5 Å². The highest BCUT2D eigenvalue weighted by molar-refractivity contribution is 6.17. The van der Waals surface area contributed by atoms with Crippen molar-refractivity contribution in [1.29, 1.82) is 0 Å². The number of hydrogen-bond donors (Lipinski definition) is 1. The monoisotopic (exact) mass is 388 g/mol. The molecule has 2 aliphatic heterocycles. The summed E-state index contributed by atoms with van der Waals surface area (Å²) in [5.74, 6) is -2.88. The molecule has 0 aliphatic carbocycles. The average molecular weight is 388 g/mol. The molecular weight excluding hydrogens is 372 g/mol. The van der Waals surface area contributed by atoms with Crippen molar-refractivity contribution >= 4 is 29.5 Å². The van der Waals surface area contributed by atoms with Crippen molar-refractivity contribution in [3.63, 3.8) is 0 Å². The summed E-state index contributed by atoms with van der Waals surface area (Å²) in [6, 6.07) is 6.52. The van der Waals surface area contributed by atoms with Gasteiger partial charge in [-0.05, 0) is 12.1 Å². The van der Waals surface area contributed by atoms with Gasteiger partial charge in [-0.2, -0.15) is 0 Å². The highest BCUT2D eigenvalue weighted by atomic mass is 16.7. The zero-order valence-corrected chi connectivity index (χ0v) is 14.7. The van der Waals surface area contributed by atoms with E-state index in [0.29, 0.717) is 5.75 Å². The molecule has 0 spiro atoms. The highest BCUT2D eigenvalue weighted by Crippen LogP contribution is 2.32. The SMILES string of the molecule is CC(=O)OCOC(=O)C1=CC(=O)[C@@H]2C(NC(=O)COc3ccccc3)C(=O)N12. The number of benzene rings is 1. The number of carbonyl (C=O) groups is 5. The Kier molecular flexibility index (Phi) is 5.39. The minimum Gasteiger partial charge on any atom is -0.484 e. The van der Waals surface area contributed by atoms with Crippen LogP contribution in [-0.4, -0.2) is 59.9 Å². The lowest BCUT2D eigenvalue weighted by Crippen LogP contribution is -2.71. The second kappa shape index (κ2) is 7.91. The first-order valence-corrected chi connectivity index (χ1v) is 8.25. The number of hydrogen-bond acceptors (Lipinski definition) is 8. The van der Waals surface area contributed by atoms with Crippen molar-refractivity contribution in [2.45, 2.75) is 19.0 Å². The van der Waals surface area contributed by atoms with Crippen molar-refractivity contribution in [1.82, 2.24) is 10.2 Å². The molecule has 3 rings (SSSR count). The minimum atomic E-state index is -1.09. The Hall–Kier alpha value is -3.69. The summed E-state index contributed by atoms with van der Waals surface area (Å²) in [6.45, 7) is 0.165. The number of ketones is 1. The zero-order chi connectivity index (χ0) is 20.3. The van der Waals surface area contributed by atoms with Gasteiger partial charge in [0.2, 0.25) is 6.79 Å². The first-order valence-electron chi connectivity index (χ1n) is 8.25. The summed E-state index contributed by atoms with van der Waals surface area (Å²) < 4.78 is 14.4. The third-order valence-corrected chi connectivity index (χ3v) is 4.02. The normalized spacial score (nSPS) is 19.9. The maximum absolute atomic E-state index is 12.3. The lowest BCUT2D eigenvalue weighted by molar-refractivity contribution is -0.167. The lowest BCUT2D eigenvalue weighted by Gasteiger charge is -2.42. The average Bonchev–Trinajstić information content (AvgIpc) is 2.98.